The summed E-state index contributed by atoms with van der Waals surface area (Å²) in [4.78, 5) is 12.0. The number of benzene rings is 3. The summed E-state index contributed by atoms with van der Waals surface area (Å²) < 4.78 is 0. The maximum absolute atomic E-state index is 12.0. The van der Waals surface area contributed by atoms with Crippen LogP contribution >= 0.6 is 23.2 Å². The fourth-order valence-corrected chi connectivity index (χ4v) is 3.87. The zero-order valence-corrected chi connectivity index (χ0v) is 17.2. The lowest BCUT2D eigenvalue weighted by Gasteiger charge is -2.23. The van der Waals surface area contributed by atoms with Crippen molar-refractivity contribution in [3.8, 4) is 22.3 Å². The molecule has 0 saturated carbocycles. The first-order valence-electron chi connectivity index (χ1n) is 8.62. The molecule has 4 heteroatoms. The van der Waals surface area contributed by atoms with Gasteiger partial charge in [0, 0.05) is 0 Å². The molecular formula is C23H20Cl2O2. The number of carboxylic acid groups (broad SMARTS) is 1. The average Bonchev–Trinajstić information content (AvgIpc) is 2.65. The quantitative estimate of drug-likeness (QED) is 0.503. The molecule has 0 unspecified atom stereocenters. The molecule has 0 aliphatic heterocycles. The van der Waals surface area contributed by atoms with E-state index in [1.165, 1.54) is 11.6 Å². The first-order valence-corrected chi connectivity index (χ1v) is 9.38. The number of hydrogen-bond acceptors (Lipinski definition) is 1. The van der Waals surface area contributed by atoms with Gasteiger partial charge in [-0.05, 0) is 84.3 Å². The molecule has 138 valence electrons. The van der Waals surface area contributed by atoms with E-state index in [-0.39, 0.29) is 10.6 Å². The molecule has 2 nitrogen and oxygen atoms in total. The normalized spacial score (nSPS) is 10.9. The van der Waals surface area contributed by atoms with Gasteiger partial charge in [0.1, 0.15) is 0 Å². The first kappa shape index (κ1) is 19.5. The van der Waals surface area contributed by atoms with E-state index in [1.807, 2.05) is 37.3 Å². The average molecular weight is 399 g/mol. The van der Waals surface area contributed by atoms with Gasteiger partial charge in [-0.3, -0.25) is 0 Å². The molecule has 0 atom stereocenters. The van der Waals surface area contributed by atoms with Crippen molar-refractivity contribution >= 4 is 29.2 Å². The van der Waals surface area contributed by atoms with Crippen molar-refractivity contribution in [1.29, 1.82) is 0 Å². The van der Waals surface area contributed by atoms with E-state index < -0.39 is 5.97 Å². The minimum absolute atomic E-state index is 0.146. The lowest BCUT2D eigenvalue weighted by atomic mass is 9.81. The molecule has 3 rings (SSSR count). The van der Waals surface area contributed by atoms with Crippen LogP contribution in [0.3, 0.4) is 0 Å². The first-order chi connectivity index (χ1) is 12.7. The predicted molar refractivity (Wildman–Crippen MR) is 113 cm³/mol. The summed E-state index contributed by atoms with van der Waals surface area (Å²) in [5, 5.41) is 10.4. The summed E-state index contributed by atoms with van der Waals surface area (Å²) in [5.74, 6) is -1.03. The van der Waals surface area contributed by atoms with E-state index in [0.29, 0.717) is 10.6 Å². The van der Waals surface area contributed by atoms with Gasteiger partial charge in [-0.2, -0.15) is 0 Å². The molecule has 0 aliphatic rings. The summed E-state index contributed by atoms with van der Waals surface area (Å²) >= 11 is 12.4. The highest BCUT2D eigenvalue weighted by molar-refractivity contribution is 6.42. The van der Waals surface area contributed by atoms with E-state index in [1.54, 1.807) is 6.07 Å². The summed E-state index contributed by atoms with van der Waals surface area (Å²) in [7, 11) is 0. The molecule has 0 fully saturated rings. The van der Waals surface area contributed by atoms with Crippen LogP contribution in [-0.2, 0) is 0 Å². The second-order valence-electron chi connectivity index (χ2n) is 6.73. The highest BCUT2D eigenvalue weighted by Gasteiger charge is 2.23. The molecule has 0 spiro atoms. The topological polar surface area (TPSA) is 37.3 Å². The van der Waals surface area contributed by atoms with Crippen LogP contribution in [0, 0.1) is 27.7 Å². The van der Waals surface area contributed by atoms with Crippen molar-refractivity contribution < 1.29 is 9.90 Å². The Morgan fingerprint density at radius 2 is 1.30 bits per heavy atom. The number of carboxylic acids is 1. The Labute approximate surface area is 169 Å². The smallest absolute Gasteiger partial charge is 0.336 e. The number of halogens is 2. The zero-order valence-electron chi connectivity index (χ0n) is 15.7. The summed E-state index contributed by atoms with van der Waals surface area (Å²) in [6.07, 6.45) is 0. The molecule has 0 saturated heterocycles. The van der Waals surface area contributed by atoms with E-state index in [2.05, 4.69) is 20.8 Å². The Morgan fingerprint density at radius 1 is 0.778 bits per heavy atom. The van der Waals surface area contributed by atoms with Crippen LogP contribution in [0.4, 0.5) is 0 Å². The van der Waals surface area contributed by atoms with Crippen LogP contribution in [0.15, 0.2) is 42.5 Å². The van der Waals surface area contributed by atoms with Gasteiger partial charge in [0.2, 0.25) is 0 Å². The molecule has 0 radical (unpaired) electrons. The van der Waals surface area contributed by atoms with Crippen molar-refractivity contribution in [2.75, 3.05) is 0 Å². The van der Waals surface area contributed by atoms with E-state index in [0.717, 1.165) is 33.4 Å². The maximum Gasteiger partial charge on any atom is 0.336 e. The lowest BCUT2D eigenvalue weighted by Crippen LogP contribution is -2.05. The fraction of sp³-hybridized carbons (Fsp3) is 0.174. The predicted octanol–water partition coefficient (Wildman–Crippen LogP) is 7.26. The monoisotopic (exact) mass is 398 g/mol. The summed E-state index contributed by atoms with van der Waals surface area (Å²) in [6.45, 7) is 8.26. The SMILES string of the molecule is Cc1c(C)c(C)c(-c2cc(Cl)c(Cl)cc2C(=O)O)c(-c2ccccc2)c1C. The third kappa shape index (κ3) is 3.36. The minimum Gasteiger partial charge on any atom is -0.478 e. The highest BCUT2D eigenvalue weighted by Crippen LogP contribution is 2.43. The van der Waals surface area contributed by atoms with Crippen LogP contribution in [0.5, 0.6) is 0 Å². The van der Waals surface area contributed by atoms with Crippen LogP contribution in [0.25, 0.3) is 22.3 Å². The standard InChI is InChI=1S/C23H20Cl2O2/c1-12-13(2)15(4)22(21(14(12)3)16-8-6-5-7-9-16)17-10-19(24)20(25)11-18(17)23(26)27/h5-11H,1-4H3,(H,26,27). The van der Waals surface area contributed by atoms with Gasteiger partial charge >= 0.3 is 5.97 Å². The second kappa shape index (κ2) is 7.38. The Bertz CT molecular complexity index is 1050. The number of rotatable bonds is 3. The summed E-state index contributed by atoms with van der Waals surface area (Å²) in [6, 6.07) is 13.1. The van der Waals surface area contributed by atoms with Gasteiger partial charge in [-0.1, -0.05) is 53.5 Å². The molecule has 0 aliphatic carbocycles. The Hall–Kier alpha value is -2.29. The summed E-state index contributed by atoms with van der Waals surface area (Å²) in [5.41, 5.74) is 8.19. The molecule has 27 heavy (non-hydrogen) atoms. The molecule has 0 bridgehead atoms. The number of aromatic carboxylic acids is 1. The van der Waals surface area contributed by atoms with Gasteiger partial charge in [0.25, 0.3) is 0 Å². The van der Waals surface area contributed by atoms with Gasteiger partial charge < -0.3 is 5.11 Å². The lowest BCUT2D eigenvalue weighted by molar-refractivity contribution is 0.0697. The number of carbonyl (C=O) groups is 1. The van der Waals surface area contributed by atoms with Crippen molar-refractivity contribution in [3.63, 3.8) is 0 Å². The largest absolute Gasteiger partial charge is 0.478 e. The van der Waals surface area contributed by atoms with Gasteiger partial charge in [-0.25, -0.2) is 4.79 Å². The van der Waals surface area contributed by atoms with E-state index in [4.69, 9.17) is 23.2 Å². The van der Waals surface area contributed by atoms with Crippen LogP contribution in [-0.4, -0.2) is 11.1 Å². The van der Waals surface area contributed by atoms with Crippen LogP contribution in [0.2, 0.25) is 10.0 Å². The fourth-order valence-electron chi connectivity index (χ4n) is 3.55. The van der Waals surface area contributed by atoms with Crippen LogP contribution in [0.1, 0.15) is 32.6 Å². The third-order valence-electron chi connectivity index (χ3n) is 5.31. The van der Waals surface area contributed by atoms with Crippen LogP contribution < -0.4 is 0 Å². The third-order valence-corrected chi connectivity index (χ3v) is 6.03. The van der Waals surface area contributed by atoms with Crippen molar-refractivity contribution in [1.82, 2.24) is 0 Å². The number of hydrogen-bond donors (Lipinski definition) is 1. The Kier molecular flexibility index (Phi) is 5.32. The Morgan fingerprint density at radius 3 is 1.85 bits per heavy atom. The van der Waals surface area contributed by atoms with Gasteiger partial charge in [-0.15, -0.1) is 0 Å². The zero-order chi connectivity index (χ0) is 19.9. The highest BCUT2D eigenvalue weighted by atomic mass is 35.5. The van der Waals surface area contributed by atoms with Gasteiger partial charge in [0.05, 0.1) is 15.6 Å². The van der Waals surface area contributed by atoms with Gasteiger partial charge in [0.15, 0.2) is 0 Å². The maximum atomic E-state index is 12.0. The molecule has 0 heterocycles. The van der Waals surface area contributed by atoms with Crippen molar-refractivity contribution in [3.05, 3.63) is 80.3 Å². The second-order valence-corrected chi connectivity index (χ2v) is 7.55. The molecule has 1 N–H and O–H groups in total. The van der Waals surface area contributed by atoms with Crippen molar-refractivity contribution in [2.45, 2.75) is 27.7 Å². The molecule has 3 aromatic carbocycles. The Balaban J connectivity index is 2.52. The van der Waals surface area contributed by atoms with E-state index in [9.17, 15) is 9.90 Å². The molecule has 3 aromatic rings. The molecular weight excluding hydrogens is 379 g/mol. The molecule has 0 aromatic heterocycles. The molecule has 0 amide bonds. The minimum atomic E-state index is -1.03. The van der Waals surface area contributed by atoms with Crippen molar-refractivity contribution in [2.24, 2.45) is 0 Å². The van der Waals surface area contributed by atoms with E-state index >= 15 is 0 Å².